The highest BCUT2D eigenvalue weighted by molar-refractivity contribution is 7.92. The molecule has 6 nitrogen and oxygen atoms in total. The summed E-state index contributed by atoms with van der Waals surface area (Å²) in [6.07, 6.45) is 4.21. The molecule has 0 aromatic heterocycles. The van der Waals surface area contributed by atoms with Gasteiger partial charge in [0.15, 0.2) is 0 Å². The number of hydrogen-bond acceptors (Lipinski definition) is 4. The first-order chi connectivity index (χ1) is 11.9. The van der Waals surface area contributed by atoms with Crippen LogP contribution in [0.15, 0.2) is 54.6 Å². The van der Waals surface area contributed by atoms with E-state index in [4.69, 9.17) is 4.74 Å². The van der Waals surface area contributed by atoms with E-state index >= 15 is 0 Å². The van der Waals surface area contributed by atoms with Crippen LogP contribution >= 0.6 is 0 Å². The number of ether oxygens (including phenoxy) is 1. The van der Waals surface area contributed by atoms with Crippen LogP contribution in [-0.2, 0) is 14.8 Å². The molecule has 0 aliphatic carbocycles. The van der Waals surface area contributed by atoms with Gasteiger partial charge in [0, 0.05) is 17.5 Å². The summed E-state index contributed by atoms with van der Waals surface area (Å²) in [5.41, 5.74) is 1.89. The minimum atomic E-state index is -3.32. The van der Waals surface area contributed by atoms with Crippen molar-refractivity contribution in [3.05, 3.63) is 60.2 Å². The highest BCUT2D eigenvalue weighted by atomic mass is 32.2. The highest BCUT2D eigenvalue weighted by Crippen LogP contribution is 2.15. The highest BCUT2D eigenvalue weighted by Gasteiger charge is 2.02. The Morgan fingerprint density at radius 2 is 1.64 bits per heavy atom. The van der Waals surface area contributed by atoms with E-state index in [9.17, 15) is 13.2 Å². The summed E-state index contributed by atoms with van der Waals surface area (Å²) < 4.78 is 30.0. The van der Waals surface area contributed by atoms with Gasteiger partial charge in [0.05, 0.1) is 12.9 Å². The van der Waals surface area contributed by atoms with Crippen LogP contribution in [-0.4, -0.2) is 27.2 Å². The van der Waals surface area contributed by atoms with Gasteiger partial charge in [-0.25, -0.2) is 8.42 Å². The van der Waals surface area contributed by atoms with Crippen LogP contribution in [0.4, 0.5) is 11.4 Å². The lowest BCUT2D eigenvalue weighted by atomic mass is 10.2. The molecule has 0 spiro atoms. The molecule has 0 saturated heterocycles. The Hall–Kier alpha value is -2.80. The lowest BCUT2D eigenvalue weighted by molar-refractivity contribution is -0.111. The van der Waals surface area contributed by atoms with Crippen LogP contribution in [0.3, 0.4) is 0 Å². The molecule has 132 valence electrons. The van der Waals surface area contributed by atoms with Crippen molar-refractivity contribution in [3.63, 3.8) is 0 Å². The average molecular weight is 360 g/mol. The van der Waals surface area contributed by atoms with Gasteiger partial charge >= 0.3 is 0 Å². The van der Waals surface area contributed by atoms with Gasteiger partial charge in [-0.3, -0.25) is 9.52 Å². The first kappa shape index (κ1) is 18.5. The van der Waals surface area contributed by atoms with Gasteiger partial charge in [0.25, 0.3) is 0 Å². The van der Waals surface area contributed by atoms with Crippen molar-refractivity contribution in [1.82, 2.24) is 0 Å². The standard InChI is InChI=1S/C18H20N2O4S/c1-3-24-17-11-4-14(5-12-17)6-13-18(21)19-15-7-9-16(10-8-15)20-25(2,22)23/h4-13,20H,3H2,1-2H3,(H,19,21)/b13-6+. The molecule has 0 radical (unpaired) electrons. The number of sulfonamides is 1. The summed E-state index contributed by atoms with van der Waals surface area (Å²) >= 11 is 0. The second-order valence-corrected chi connectivity index (χ2v) is 7.02. The molecule has 0 atom stereocenters. The number of anilines is 2. The van der Waals surface area contributed by atoms with Gasteiger partial charge in [-0.15, -0.1) is 0 Å². The smallest absolute Gasteiger partial charge is 0.248 e. The third-order valence-electron chi connectivity index (χ3n) is 3.07. The van der Waals surface area contributed by atoms with E-state index in [1.807, 2.05) is 31.2 Å². The number of carbonyl (C=O) groups is 1. The number of rotatable bonds is 7. The predicted octanol–water partition coefficient (Wildman–Crippen LogP) is 3.11. The maximum absolute atomic E-state index is 11.9. The van der Waals surface area contributed by atoms with E-state index in [0.29, 0.717) is 18.0 Å². The number of carbonyl (C=O) groups excluding carboxylic acids is 1. The Morgan fingerprint density at radius 3 is 2.20 bits per heavy atom. The molecule has 1 amide bonds. The average Bonchev–Trinajstić information content (AvgIpc) is 2.55. The van der Waals surface area contributed by atoms with Gasteiger partial charge in [-0.2, -0.15) is 0 Å². The van der Waals surface area contributed by atoms with E-state index < -0.39 is 10.0 Å². The zero-order chi connectivity index (χ0) is 18.3. The van der Waals surface area contributed by atoms with Crippen LogP contribution in [0.2, 0.25) is 0 Å². The van der Waals surface area contributed by atoms with Gasteiger partial charge in [-0.1, -0.05) is 12.1 Å². The summed E-state index contributed by atoms with van der Waals surface area (Å²) in [6.45, 7) is 2.53. The molecule has 0 fully saturated rings. The fraction of sp³-hybridized carbons (Fsp3) is 0.167. The van der Waals surface area contributed by atoms with Crippen molar-refractivity contribution in [3.8, 4) is 5.75 Å². The monoisotopic (exact) mass is 360 g/mol. The fourth-order valence-electron chi connectivity index (χ4n) is 2.03. The van der Waals surface area contributed by atoms with Crippen molar-refractivity contribution in [2.75, 3.05) is 22.9 Å². The molecule has 0 aliphatic rings. The summed E-state index contributed by atoms with van der Waals surface area (Å²) in [5.74, 6) is 0.504. The molecular weight excluding hydrogens is 340 g/mol. The van der Waals surface area contributed by atoms with Gasteiger partial charge in [-0.05, 0) is 55.0 Å². The maximum Gasteiger partial charge on any atom is 0.248 e. The molecule has 2 N–H and O–H groups in total. The lowest BCUT2D eigenvalue weighted by Gasteiger charge is -2.06. The third-order valence-corrected chi connectivity index (χ3v) is 3.68. The topological polar surface area (TPSA) is 84.5 Å². The van der Waals surface area contributed by atoms with Crippen molar-refractivity contribution >= 4 is 33.4 Å². The Labute approximate surface area is 147 Å². The van der Waals surface area contributed by atoms with Crippen LogP contribution < -0.4 is 14.8 Å². The van der Waals surface area contributed by atoms with Gasteiger partial charge in [0.1, 0.15) is 5.75 Å². The number of hydrogen-bond donors (Lipinski definition) is 2. The molecule has 2 aromatic rings. The maximum atomic E-state index is 11.9. The van der Waals surface area contributed by atoms with Crippen molar-refractivity contribution in [2.45, 2.75) is 6.92 Å². The van der Waals surface area contributed by atoms with Gasteiger partial charge < -0.3 is 10.1 Å². The Morgan fingerprint density at radius 1 is 1.04 bits per heavy atom. The molecule has 2 rings (SSSR count). The second kappa shape index (κ2) is 8.34. The Kier molecular flexibility index (Phi) is 6.19. The molecule has 0 bridgehead atoms. The lowest BCUT2D eigenvalue weighted by Crippen LogP contribution is -2.10. The summed E-state index contributed by atoms with van der Waals surface area (Å²) in [6, 6.07) is 13.8. The molecule has 2 aromatic carbocycles. The van der Waals surface area contributed by atoms with E-state index in [1.54, 1.807) is 30.3 Å². The molecule has 0 heterocycles. The van der Waals surface area contributed by atoms with Crippen LogP contribution in [0.5, 0.6) is 5.75 Å². The number of nitrogens with one attached hydrogen (secondary N) is 2. The quantitative estimate of drug-likeness (QED) is 0.743. The molecule has 0 aliphatic heterocycles. The SMILES string of the molecule is CCOc1ccc(/C=C/C(=O)Nc2ccc(NS(C)(=O)=O)cc2)cc1. The van der Waals surface area contributed by atoms with E-state index in [1.165, 1.54) is 6.08 Å². The molecule has 7 heteroatoms. The third kappa shape index (κ3) is 6.68. The van der Waals surface area contributed by atoms with Crippen LogP contribution in [0.1, 0.15) is 12.5 Å². The van der Waals surface area contributed by atoms with Crippen LogP contribution in [0.25, 0.3) is 6.08 Å². The molecule has 0 unspecified atom stereocenters. The van der Waals surface area contributed by atoms with Crippen molar-refractivity contribution in [1.29, 1.82) is 0 Å². The fourth-order valence-corrected chi connectivity index (χ4v) is 2.60. The number of amides is 1. The van der Waals surface area contributed by atoms with Crippen LogP contribution in [0, 0.1) is 0 Å². The molecule has 25 heavy (non-hydrogen) atoms. The summed E-state index contributed by atoms with van der Waals surface area (Å²) in [5, 5.41) is 2.71. The van der Waals surface area contributed by atoms with Crippen molar-refractivity contribution < 1.29 is 17.9 Å². The minimum Gasteiger partial charge on any atom is -0.494 e. The normalized spacial score (nSPS) is 11.3. The Bertz CT molecular complexity index is 842. The summed E-state index contributed by atoms with van der Waals surface area (Å²) in [7, 11) is -3.32. The number of benzene rings is 2. The van der Waals surface area contributed by atoms with E-state index in [-0.39, 0.29) is 5.91 Å². The largest absolute Gasteiger partial charge is 0.494 e. The first-order valence-electron chi connectivity index (χ1n) is 7.65. The first-order valence-corrected chi connectivity index (χ1v) is 9.54. The predicted molar refractivity (Wildman–Crippen MR) is 100 cm³/mol. The van der Waals surface area contributed by atoms with Gasteiger partial charge in [0.2, 0.25) is 15.9 Å². The second-order valence-electron chi connectivity index (χ2n) is 5.28. The zero-order valence-electron chi connectivity index (χ0n) is 14.0. The van der Waals surface area contributed by atoms with E-state index in [2.05, 4.69) is 10.0 Å². The molecule has 0 saturated carbocycles. The van der Waals surface area contributed by atoms with Crippen molar-refractivity contribution in [2.24, 2.45) is 0 Å². The van der Waals surface area contributed by atoms with E-state index in [0.717, 1.165) is 17.6 Å². The summed E-state index contributed by atoms with van der Waals surface area (Å²) in [4.78, 5) is 11.9. The molecular formula is C18H20N2O4S. The Balaban J connectivity index is 1.93. The minimum absolute atomic E-state index is 0.280. The zero-order valence-corrected chi connectivity index (χ0v) is 14.8.